The van der Waals surface area contributed by atoms with E-state index in [9.17, 15) is 4.39 Å². The van der Waals surface area contributed by atoms with Gasteiger partial charge in [0.2, 0.25) is 0 Å². The van der Waals surface area contributed by atoms with Gasteiger partial charge in [-0.15, -0.1) is 0 Å². The molecule has 0 saturated carbocycles. The van der Waals surface area contributed by atoms with Crippen molar-refractivity contribution in [3.05, 3.63) is 46.1 Å². The molecule has 2 aromatic rings. The van der Waals surface area contributed by atoms with Gasteiger partial charge >= 0.3 is 0 Å². The first-order valence-corrected chi connectivity index (χ1v) is 6.84. The van der Waals surface area contributed by atoms with Crippen LogP contribution in [0.15, 0.2) is 29.3 Å². The Balaban J connectivity index is 2.83. The van der Waals surface area contributed by atoms with Crippen LogP contribution in [-0.2, 0) is 0 Å². The van der Waals surface area contributed by atoms with Crippen molar-refractivity contribution in [2.24, 2.45) is 10.7 Å². The highest BCUT2D eigenvalue weighted by atomic mass is 19.1. The molecule has 0 amide bonds. The van der Waals surface area contributed by atoms with E-state index >= 15 is 0 Å². The van der Waals surface area contributed by atoms with Crippen molar-refractivity contribution in [1.29, 1.82) is 0 Å². The maximum absolute atomic E-state index is 13.9. The highest BCUT2D eigenvalue weighted by Crippen LogP contribution is 2.15. The minimum absolute atomic E-state index is 0.346. The molecule has 0 spiro atoms. The molecular formula is C16H19FN4. The fraction of sp³-hybridized carbons (Fsp3) is 0.250. The van der Waals surface area contributed by atoms with Crippen molar-refractivity contribution in [1.82, 2.24) is 9.97 Å². The van der Waals surface area contributed by atoms with Crippen LogP contribution in [-0.4, -0.2) is 17.0 Å². The van der Waals surface area contributed by atoms with E-state index in [-0.39, 0.29) is 5.82 Å². The van der Waals surface area contributed by atoms with Crippen LogP contribution in [0.3, 0.4) is 0 Å². The number of halogens is 1. The summed E-state index contributed by atoms with van der Waals surface area (Å²) in [5.74, 6) is 0.0569. The summed E-state index contributed by atoms with van der Waals surface area (Å²) in [6.45, 7) is 5.96. The van der Waals surface area contributed by atoms with Crippen molar-refractivity contribution in [3.8, 4) is 11.4 Å². The summed E-state index contributed by atoms with van der Waals surface area (Å²) in [4.78, 5) is 11.6. The van der Waals surface area contributed by atoms with E-state index in [1.807, 2.05) is 6.92 Å². The summed E-state index contributed by atoms with van der Waals surface area (Å²) in [5, 5.41) is 1.75. The second-order valence-corrected chi connectivity index (χ2v) is 4.74. The van der Waals surface area contributed by atoms with Gasteiger partial charge in [-0.1, -0.05) is 32.1 Å². The van der Waals surface area contributed by atoms with Crippen LogP contribution < -0.4 is 21.8 Å². The number of nitrogens with zero attached hydrogens (tertiary/aromatic N) is 2. The minimum atomic E-state index is -0.346. The lowest BCUT2D eigenvalue weighted by molar-refractivity contribution is 0.629. The molecule has 0 unspecified atom stereocenters. The molecule has 5 heteroatoms. The molecule has 0 radical (unpaired) electrons. The van der Waals surface area contributed by atoms with Crippen LogP contribution in [0.5, 0.6) is 0 Å². The molecule has 0 fully saturated rings. The molecule has 1 heterocycles. The summed E-state index contributed by atoms with van der Waals surface area (Å²) < 4.78 is 13.9. The maximum atomic E-state index is 13.9. The Bertz CT molecular complexity index is 821. The number of aromatic amines is 1. The second-order valence-electron chi connectivity index (χ2n) is 4.74. The monoisotopic (exact) mass is 286 g/mol. The molecule has 0 aliphatic rings. The Morgan fingerprint density at radius 2 is 2.14 bits per heavy atom. The van der Waals surface area contributed by atoms with Crippen LogP contribution >= 0.6 is 0 Å². The zero-order valence-corrected chi connectivity index (χ0v) is 12.3. The van der Waals surface area contributed by atoms with E-state index in [0.29, 0.717) is 39.6 Å². The molecule has 0 aliphatic carbocycles. The fourth-order valence-electron chi connectivity index (χ4n) is 2.17. The highest BCUT2D eigenvalue weighted by molar-refractivity contribution is 5.55. The zero-order chi connectivity index (χ0) is 15.4. The van der Waals surface area contributed by atoms with Crippen molar-refractivity contribution in [2.45, 2.75) is 19.8 Å². The van der Waals surface area contributed by atoms with Crippen LogP contribution in [0.2, 0.25) is 0 Å². The molecule has 21 heavy (non-hydrogen) atoms. The molecule has 0 aliphatic heterocycles. The first-order chi connectivity index (χ1) is 10.1. The van der Waals surface area contributed by atoms with E-state index in [1.54, 1.807) is 25.2 Å². The lowest BCUT2D eigenvalue weighted by Crippen LogP contribution is -2.45. The van der Waals surface area contributed by atoms with E-state index in [1.165, 1.54) is 6.07 Å². The van der Waals surface area contributed by atoms with Gasteiger partial charge in [0.1, 0.15) is 22.3 Å². The first kappa shape index (κ1) is 15.0. The number of hydrogen-bond acceptors (Lipinski definition) is 3. The molecule has 3 N–H and O–H groups in total. The predicted molar refractivity (Wildman–Crippen MR) is 82.7 cm³/mol. The Morgan fingerprint density at radius 3 is 2.76 bits per heavy atom. The maximum Gasteiger partial charge on any atom is 0.141 e. The van der Waals surface area contributed by atoms with Gasteiger partial charge in [0.25, 0.3) is 0 Å². The molecule has 2 rings (SSSR count). The van der Waals surface area contributed by atoms with E-state index in [0.717, 1.165) is 6.42 Å². The lowest BCUT2D eigenvalue weighted by Gasteiger charge is -2.05. The van der Waals surface area contributed by atoms with Gasteiger partial charge in [-0.25, -0.2) is 9.37 Å². The van der Waals surface area contributed by atoms with Crippen molar-refractivity contribution in [2.75, 3.05) is 7.05 Å². The van der Waals surface area contributed by atoms with E-state index < -0.39 is 0 Å². The summed E-state index contributed by atoms with van der Waals surface area (Å²) in [6, 6.07) is 6.45. The van der Waals surface area contributed by atoms with Gasteiger partial charge in [-0.2, -0.15) is 0 Å². The number of rotatable bonds is 3. The molecule has 4 nitrogen and oxygen atoms in total. The van der Waals surface area contributed by atoms with Crippen LogP contribution in [0.4, 0.5) is 4.39 Å². The summed E-state index contributed by atoms with van der Waals surface area (Å²) in [5.41, 5.74) is 7.11. The van der Waals surface area contributed by atoms with Crippen LogP contribution in [0.1, 0.15) is 19.8 Å². The molecule has 0 atom stereocenters. The Hall–Kier alpha value is -2.43. The molecule has 110 valence electrons. The lowest BCUT2D eigenvalue weighted by atomic mass is 10.2. The molecule has 1 aromatic carbocycles. The standard InChI is InChI=1S/C16H19FN4/c1-4-7-13(18)15-14(19-3)10(2)20-16(21-15)11-8-5-6-9-12(11)17/h5-6,8-9H,2,4,7,18H2,1,3H3,(H,20,21). The normalized spacial score (nSPS) is 13.4. The van der Waals surface area contributed by atoms with Gasteiger partial charge in [0.05, 0.1) is 10.9 Å². The molecule has 0 bridgehead atoms. The molecular weight excluding hydrogens is 267 g/mol. The largest absolute Gasteiger partial charge is 0.400 e. The second kappa shape index (κ2) is 6.35. The third-order valence-corrected chi connectivity index (χ3v) is 3.18. The zero-order valence-electron chi connectivity index (χ0n) is 12.3. The summed E-state index contributed by atoms with van der Waals surface area (Å²) >= 11 is 0. The number of benzene rings is 1. The number of nitrogens with two attached hydrogens (primary N) is 1. The third-order valence-electron chi connectivity index (χ3n) is 3.18. The number of hydrogen-bond donors (Lipinski definition) is 2. The Labute approximate surface area is 122 Å². The quantitative estimate of drug-likeness (QED) is 0.885. The van der Waals surface area contributed by atoms with Gasteiger partial charge in [-0.3, -0.25) is 4.99 Å². The van der Waals surface area contributed by atoms with Crippen LogP contribution in [0, 0.1) is 5.82 Å². The van der Waals surface area contributed by atoms with Crippen molar-refractivity contribution in [3.63, 3.8) is 0 Å². The summed E-state index contributed by atoms with van der Waals surface area (Å²) in [7, 11) is 1.66. The van der Waals surface area contributed by atoms with Gasteiger partial charge in [0.15, 0.2) is 0 Å². The molecule has 0 saturated heterocycles. The fourth-order valence-corrected chi connectivity index (χ4v) is 2.17. The van der Waals surface area contributed by atoms with Crippen LogP contribution in [0.25, 0.3) is 23.7 Å². The Kier molecular flexibility index (Phi) is 4.52. The van der Waals surface area contributed by atoms with Crippen molar-refractivity contribution < 1.29 is 4.39 Å². The number of nitrogens with one attached hydrogen (secondary N) is 1. The third kappa shape index (κ3) is 3.02. The predicted octanol–water partition coefficient (Wildman–Crippen LogP) is 1.02. The van der Waals surface area contributed by atoms with E-state index in [2.05, 4.69) is 21.5 Å². The molecule has 1 aromatic heterocycles. The average molecular weight is 286 g/mol. The average Bonchev–Trinajstić information content (AvgIpc) is 2.47. The topological polar surface area (TPSA) is 67.1 Å². The van der Waals surface area contributed by atoms with Gasteiger partial charge < -0.3 is 10.7 Å². The van der Waals surface area contributed by atoms with E-state index in [4.69, 9.17) is 5.73 Å². The highest BCUT2D eigenvalue weighted by Gasteiger charge is 2.08. The minimum Gasteiger partial charge on any atom is -0.400 e. The SMILES string of the molecule is C=c1[nH]c(-c2ccccc2F)nc(=C(N)CCC)c1=NC. The van der Waals surface area contributed by atoms with Gasteiger partial charge in [0, 0.05) is 12.7 Å². The first-order valence-electron chi connectivity index (χ1n) is 6.84. The number of aromatic nitrogens is 2. The smallest absolute Gasteiger partial charge is 0.141 e. The van der Waals surface area contributed by atoms with Crippen molar-refractivity contribution >= 4 is 12.3 Å². The number of H-pyrrole nitrogens is 1. The summed E-state index contributed by atoms with van der Waals surface area (Å²) in [6.07, 6.45) is 1.60. The Morgan fingerprint density at radius 1 is 1.43 bits per heavy atom. The van der Waals surface area contributed by atoms with Gasteiger partial charge in [-0.05, 0) is 18.6 Å².